The van der Waals surface area contributed by atoms with Gasteiger partial charge in [-0.05, 0) is 18.0 Å². The Morgan fingerprint density at radius 1 is 1.25 bits per heavy atom. The Bertz CT molecular complexity index is 144. The van der Waals surface area contributed by atoms with Crippen LogP contribution in [0.4, 0.5) is 0 Å². The molecule has 2 rings (SSSR count). The van der Waals surface area contributed by atoms with E-state index in [-0.39, 0.29) is 0 Å². The van der Waals surface area contributed by atoms with Crippen LogP contribution in [-0.2, 0) is 0 Å². The van der Waals surface area contributed by atoms with E-state index in [1.807, 2.05) is 0 Å². The molecular formula is C7H9P. The molecule has 0 radical (unpaired) electrons. The Labute approximate surface area is 51.5 Å². The van der Waals surface area contributed by atoms with Gasteiger partial charge in [0, 0.05) is 0 Å². The molecule has 1 aliphatic heterocycles. The molecule has 0 N–H and O–H groups in total. The van der Waals surface area contributed by atoms with Gasteiger partial charge in [0.15, 0.2) is 0 Å². The lowest BCUT2D eigenvalue weighted by Gasteiger charge is -2.10. The SMILES string of the molecule is C1=CC2C=CC(C2)P1. The molecule has 3 atom stereocenters. The summed E-state index contributed by atoms with van der Waals surface area (Å²) < 4.78 is 0. The van der Waals surface area contributed by atoms with Crippen LogP contribution in [0.2, 0.25) is 0 Å². The molecule has 0 nitrogen and oxygen atoms in total. The predicted octanol–water partition coefficient (Wildman–Crippen LogP) is 2.14. The number of hydrogen-bond acceptors (Lipinski definition) is 0. The van der Waals surface area contributed by atoms with Gasteiger partial charge in [-0.2, -0.15) is 0 Å². The average Bonchev–Trinajstić information content (AvgIpc) is 2.12. The van der Waals surface area contributed by atoms with Crippen LogP contribution in [0, 0.1) is 5.92 Å². The Morgan fingerprint density at radius 2 is 2.25 bits per heavy atom. The topological polar surface area (TPSA) is 0 Å². The van der Waals surface area contributed by atoms with Gasteiger partial charge in [-0.3, -0.25) is 0 Å². The molecule has 0 spiro atoms. The van der Waals surface area contributed by atoms with E-state index in [9.17, 15) is 0 Å². The van der Waals surface area contributed by atoms with Crippen LogP contribution in [-0.4, -0.2) is 5.66 Å². The molecule has 8 heavy (non-hydrogen) atoms. The van der Waals surface area contributed by atoms with E-state index in [4.69, 9.17) is 0 Å². The standard InChI is InChI=1S/C7H9P/c1-2-7-5-6(1)3-4-8-7/h1-4,6-8H,5H2. The molecule has 1 heteroatoms. The molecule has 2 aliphatic rings. The van der Waals surface area contributed by atoms with Crippen molar-refractivity contribution in [1.82, 2.24) is 0 Å². The van der Waals surface area contributed by atoms with Gasteiger partial charge < -0.3 is 0 Å². The summed E-state index contributed by atoms with van der Waals surface area (Å²) in [4.78, 5) is 0. The first kappa shape index (κ1) is 4.76. The summed E-state index contributed by atoms with van der Waals surface area (Å²) in [6.07, 6.45) is 8.43. The molecule has 0 fully saturated rings. The van der Waals surface area contributed by atoms with Gasteiger partial charge in [-0.15, -0.1) is 0 Å². The molecular weight excluding hydrogens is 115 g/mol. The fraction of sp³-hybridized carbons (Fsp3) is 0.429. The van der Waals surface area contributed by atoms with E-state index < -0.39 is 0 Å². The first-order valence-corrected chi connectivity index (χ1v) is 4.22. The van der Waals surface area contributed by atoms with Crippen LogP contribution in [0.3, 0.4) is 0 Å². The maximum atomic E-state index is 2.36. The first-order valence-electron chi connectivity index (χ1n) is 3.06. The third-order valence-electron chi connectivity index (χ3n) is 1.77. The highest BCUT2D eigenvalue weighted by Crippen LogP contribution is 2.38. The molecule has 0 saturated carbocycles. The quantitative estimate of drug-likeness (QED) is 0.343. The van der Waals surface area contributed by atoms with E-state index in [0.29, 0.717) is 0 Å². The van der Waals surface area contributed by atoms with Crippen LogP contribution in [0.1, 0.15) is 6.42 Å². The highest BCUT2D eigenvalue weighted by molar-refractivity contribution is 7.42. The second-order valence-electron chi connectivity index (χ2n) is 2.42. The van der Waals surface area contributed by atoms with Gasteiger partial charge in [0.1, 0.15) is 0 Å². The second kappa shape index (κ2) is 1.70. The molecule has 42 valence electrons. The molecule has 0 aromatic carbocycles. The highest BCUT2D eigenvalue weighted by Gasteiger charge is 2.18. The van der Waals surface area contributed by atoms with Crippen LogP contribution in [0.15, 0.2) is 24.0 Å². The Hall–Kier alpha value is -0.0900. The zero-order chi connectivity index (χ0) is 5.40. The Kier molecular flexibility index (Phi) is 1.01. The average molecular weight is 124 g/mol. The lowest BCUT2D eigenvalue weighted by molar-refractivity contribution is 0.773. The third kappa shape index (κ3) is 0.641. The van der Waals surface area contributed by atoms with Crippen molar-refractivity contribution in [2.75, 3.05) is 0 Å². The van der Waals surface area contributed by atoms with Gasteiger partial charge in [-0.25, -0.2) is 0 Å². The normalized spacial score (nSPS) is 44.0. The smallest absolute Gasteiger partial charge is 0.00138 e. The van der Waals surface area contributed by atoms with Crippen molar-refractivity contribution in [3.63, 3.8) is 0 Å². The van der Waals surface area contributed by atoms with Crippen molar-refractivity contribution in [1.29, 1.82) is 0 Å². The van der Waals surface area contributed by atoms with Crippen molar-refractivity contribution >= 4 is 8.58 Å². The number of hydrogen-bond donors (Lipinski definition) is 0. The van der Waals surface area contributed by atoms with Crippen molar-refractivity contribution in [3.8, 4) is 0 Å². The molecule has 1 aliphatic carbocycles. The van der Waals surface area contributed by atoms with Gasteiger partial charge in [0.05, 0.1) is 0 Å². The zero-order valence-electron chi connectivity index (χ0n) is 4.67. The van der Waals surface area contributed by atoms with E-state index in [1.54, 1.807) is 0 Å². The van der Waals surface area contributed by atoms with Gasteiger partial charge in [-0.1, -0.05) is 32.6 Å². The van der Waals surface area contributed by atoms with E-state index in [1.165, 1.54) is 6.42 Å². The summed E-state index contributed by atoms with van der Waals surface area (Å²) in [6, 6.07) is 0. The minimum absolute atomic E-state index is 0.807. The lowest BCUT2D eigenvalue weighted by atomic mass is 10.1. The summed E-state index contributed by atoms with van der Waals surface area (Å²) >= 11 is 0. The van der Waals surface area contributed by atoms with Gasteiger partial charge in [0.25, 0.3) is 0 Å². The monoisotopic (exact) mass is 124 g/mol. The minimum Gasteiger partial charge on any atom is -0.0916 e. The van der Waals surface area contributed by atoms with E-state index in [0.717, 1.165) is 20.2 Å². The van der Waals surface area contributed by atoms with Gasteiger partial charge in [0.2, 0.25) is 0 Å². The largest absolute Gasteiger partial charge is 0.0916 e. The fourth-order valence-electron chi connectivity index (χ4n) is 1.30. The molecule has 0 amide bonds. The number of rotatable bonds is 0. The summed E-state index contributed by atoms with van der Waals surface area (Å²) in [5, 5.41) is 0. The maximum Gasteiger partial charge on any atom is -0.00138 e. The first-order chi connectivity index (χ1) is 3.95. The second-order valence-corrected chi connectivity index (χ2v) is 3.82. The third-order valence-corrected chi connectivity index (χ3v) is 3.01. The summed E-state index contributed by atoms with van der Waals surface area (Å²) in [5.74, 6) is 3.14. The molecule has 2 bridgehead atoms. The maximum absolute atomic E-state index is 2.36. The predicted molar refractivity (Wildman–Crippen MR) is 38.5 cm³/mol. The summed E-state index contributed by atoms with van der Waals surface area (Å²) in [6.45, 7) is 0. The van der Waals surface area contributed by atoms with Crippen molar-refractivity contribution < 1.29 is 0 Å². The number of fused-ring (bicyclic) bond motifs is 2. The van der Waals surface area contributed by atoms with Crippen molar-refractivity contribution in [2.24, 2.45) is 5.92 Å². The van der Waals surface area contributed by atoms with Crippen molar-refractivity contribution in [2.45, 2.75) is 12.1 Å². The molecule has 0 aromatic heterocycles. The summed E-state index contributed by atoms with van der Waals surface area (Å²) in [5.41, 5.74) is 0.921. The van der Waals surface area contributed by atoms with Crippen molar-refractivity contribution in [3.05, 3.63) is 24.0 Å². The zero-order valence-corrected chi connectivity index (χ0v) is 5.67. The van der Waals surface area contributed by atoms with Crippen LogP contribution >= 0.6 is 8.58 Å². The van der Waals surface area contributed by atoms with Gasteiger partial charge >= 0.3 is 0 Å². The highest BCUT2D eigenvalue weighted by atomic mass is 31.1. The number of allylic oxidation sites excluding steroid dienone is 3. The fourth-order valence-corrected chi connectivity index (χ4v) is 2.53. The summed E-state index contributed by atoms with van der Waals surface area (Å²) in [7, 11) is 1.07. The molecule has 1 heterocycles. The van der Waals surface area contributed by atoms with E-state index >= 15 is 0 Å². The van der Waals surface area contributed by atoms with Crippen LogP contribution < -0.4 is 0 Å². The minimum atomic E-state index is 0.807. The van der Waals surface area contributed by atoms with Crippen LogP contribution in [0.5, 0.6) is 0 Å². The Balaban J connectivity index is 2.28. The van der Waals surface area contributed by atoms with Crippen LogP contribution in [0.25, 0.3) is 0 Å². The molecule has 0 aromatic rings. The van der Waals surface area contributed by atoms with E-state index in [2.05, 4.69) is 24.0 Å². The molecule has 0 saturated heterocycles. The lowest BCUT2D eigenvalue weighted by Crippen LogP contribution is -1.97. The Morgan fingerprint density at radius 3 is 3.00 bits per heavy atom. The molecule has 3 unspecified atom stereocenters.